The summed E-state index contributed by atoms with van der Waals surface area (Å²) in [5.41, 5.74) is 1.70. The van der Waals surface area contributed by atoms with Crippen LogP contribution in [0.2, 0.25) is 0 Å². The summed E-state index contributed by atoms with van der Waals surface area (Å²) >= 11 is 5.07. The van der Waals surface area contributed by atoms with Crippen molar-refractivity contribution in [3.05, 3.63) is 40.4 Å². The van der Waals surface area contributed by atoms with E-state index in [4.69, 9.17) is 9.15 Å². The topological polar surface area (TPSA) is 85.6 Å². The molecule has 6 nitrogen and oxygen atoms in total. The van der Waals surface area contributed by atoms with E-state index < -0.39 is 9.84 Å². The Morgan fingerprint density at radius 1 is 1.33 bits per heavy atom. The molecule has 4 rings (SSSR count). The standard InChI is InChI=1S/C18H16BrNO5S2/c19-17-4-3-16(26-17)14-8-25-15-2-1-12(7-13(14)15)24-9-18(21)20-11-5-6-27(22,23)10-11/h1-4,7-8,11H,5-6,9-10H2,(H,20,21)/t11-/m0/s1. The Hall–Kier alpha value is -1.84. The first-order chi connectivity index (χ1) is 12.9. The zero-order valence-electron chi connectivity index (χ0n) is 14.1. The Kier molecular flexibility index (Phi) is 5.00. The van der Waals surface area contributed by atoms with E-state index in [-0.39, 0.29) is 30.1 Å². The highest BCUT2D eigenvalue weighted by Crippen LogP contribution is 2.38. The number of benzene rings is 1. The van der Waals surface area contributed by atoms with Gasteiger partial charge in [0.2, 0.25) is 0 Å². The van der Waals surface area contributed by atoms with Gasteiger partial charge in [0.25, 0.3) is 5.91 Å². The Balaban J connectivity index is 1.44. The molecule has 0 spiro atoms. The van der Waals surface area contributed by atoms with Gasteiger partial charge in [-0.1, -0.05) is 0 Å². The molecule has 0 radical (unpaired) electrons. The third-order valence-electron chi connectivity index (χ3n) is 4.35. The molecule has 3 heterocycles. The van der Waals surface area contributed by atoms with Crippen LogP contribution in [-0.4, -0.2) is 38.5 Å². The summed E-state index contributed by atoms with van der Waals surface area (Å²) in [6, 6.07) is 9.05. The number of ether oxygens (including phenoxy) is 1. The van der Waals surface area contributed by atoms with E-state index in [1.165, 1.54) is 0 Å². The van der Waals surface area contributed by atoms with Crippen LogP contribution in [0.15, 0.2) is 44.8 Å². The average molecular weight is 470 g/mol. The molecule has 1 amide bonds. The fourth-order valence-corrected chi connectivity index (χ4v) is 6.15. The van der Waals surface area contributed by atoms with Gasteiger partial charge in [0.15, 0.2) is 16.4 Å². The number of carbonyl (C=O) groups excluding carboxylic acids is 1. The van der Waals surface area contributed by atoms with Gasteiger partial charge in [0.1, 0.15) is 17.6 Å². The van der Waals surface area contributed by atoms with E-state index in [2.05, 4.69) is 21.2 Å². The maximum atomic E-state index is 12.0. The van der Waals surface area contributed by atoms with Crippen molar-refractivity contribution in [2.75, 3.05) is 18.1 Å². The SMILES string of the molecule is O=C(COc1ccc2occ(-c3ccc(Br)s3)c2c1)N[C@H]1CCS(=O)(=O)C1. The number of hydrogen-bond donors (Lipinski definition) is 1. The molecule has 0 bridgehead atoms. The Labute approximate surface area is 168 Å². The summed E-state index contributed by atoms with van der Waals surface area (Å²) in [5, 5.41) is 3.62. The van der Waals surface area contributed by atoms with Crippen molar-refractivity contribution in [2.45, 2.75) is 12.5 Å². The minimum atomic E-state index is -3.02. The lowest BCUT2D eigenvalue weighted by Gasteiger charge is -2.11. The highest BCUT2D eigenvalue weighted by molar-refractivity contribution is 9.11. The summed E-state index contributed by atoms with van der Waals surface area (Å²) in [5.74, 6) is 0.346. The zero-order valence-corrected chi connectivity index (χ0v) is 17.3. The maximum Gasteiger partial charge on any atom is 0.258 e. The Morgan fingerprint density at radius 3 is 2.89 bits per heavy atom. The second-order valence-corrected chi connectivity index (χ2v) is 11.1. The molecule has 1 aliphatic heterocycles. The van der Waals surface area contributed by atoms with Crippen LogP contribution < -0.4 is 10.1 Å². The van der Waals surface area contributed by atoms with Gasteiger partial charge in [0, 0.05) is 21.9 Å². The van der Waals surface area contributed by atoms with Crippen LogP contribution in [0.3, 0.4) is 0 Å². The van der Waals surface area contributed by atoms with E-state index in [9.17, 15) is 13.2 Å². The molecular weight excluding hydrogens is 454 g/mol. The van der Waals surface area contributed by atoms with Gasteiger partial charge in [-0.05, 0) is 52.7 Å². The molecule has 1 saturated heterocycles. The molecular formula is C18H16BrNO5S2. The predicted molar refractivity (Wildman–Crippen MR) is 108 cm³/mol. The molecule has 1 aromatic carbocycles. The normalized spacial score (nSPS) is 18.6. The minimum absolute atomic E-state index is 0.000544. The minimum Gasteiger partial charge on any atom is -0.484 e. The van der Waals surface area contributed by atoms with Crippen LogP contribution in [0.1, 0.15) is 6.42 Å². The van der Waals surface area contributed by atoms with Crippen LogP contribution in [0.25, 0.3) is 21.4 Å². The van der Waals surface area contributed by atoms with Crippen molar-refractivity contribution in [1.82, 2.24) is 5.32 Å². The van der Waals surface area contributed by atoms with Crippen molar-refractivity contribution in [2.24, 2.45) is 0 Å². The molecule has 1 aliphatic rings. The second-order valence-electron chi connectivity index (χ2n) is 6.37. The summed E-state index contributed by atoms with van der Waals surface area (Å²) in [6.45, 7) is -0.167. The van der Waals surface area contributed by atoms with Crippen LogP contribution >= 0.6 is 27.3 Å². The van der Waals surface area contributed by atoms with Gasteiger partial charge in [-0.3, -0.25) is 4.79 Å². The number of sulfone groups is 1. The van der Waals surface area contributed by atoms with Crippen molar-refractivity contribution in [1.29, 1.82) is 0 Å². The molecule has 1 atom stereocenters. The molecule has 2 aromatic heterocycles. The predicted octanol–water partition coefficient (Wildman–Crippen LogP) is 3.61. The number of carbonyl (C=O) groups is 1. The van der Waals surface area contributed by atoms with Crippen LogP contribution in [-0.2, 0) is 14.6 Å². The van der Waals surface area contributed by atoms with Crippen LogP contribution in [0.5, 0.6) is 5.75 Å². The van der Waals surface area contributed by atoms with E-state index in [1.54, 1.807) is 29.7 Å². The van der Waals surface area contributed by atoms with Gasteiger partial charge in [-0.2, -0.15) is 0 Å². The average Bonchev–Trinajstić information content (AvgIpc) is 3.31. The number of amides is 1. The summed E-state index contributed by atoms with van der Waals surface area (Å²) < 4.78 is 35.1. The molecule has 0 aliphatic carbocycles. The maximum absolute atomic E-state index is 12.0. The van der Waals surface area contributed by atoms with E-state index >= 15 is 0 Å². The lowest BCUT2D eigenvalue weighted by atomic mass is 10.1. The van der Waals surface area contributed by atoms with E-state index in [1.807, 2.05) is 18.2 Å². The highest BCUT2D eigenvalue weighted by atomic mass is 79.9. The van der Waals surface area contributed by atoms with Crippen molar-refractivity contribution in [3.63, 3.8) is 0 Å². The van der Waals surface area contributed by atoms with Gasteiger partial charge < -0.3 is 14.5 Å². The first-order valence-electron chi connectivity index (χ1n) is 8.29. The van der Waals surface area contributed by atoms with Gasteiger partial charge in [-0.15, -0.1) is 11.3 Å². The lowest BCUT2D eigenvalue weighted by molar-refractivity contribution is -0.123. The molecule has 0 saturated carbocycles. The fraction of sp³-hybridized carbons (Fsp3) is 0.278. The van der Waals surface area contributed by atoms with Gasteiger partial charge >= 0.3 is 0 Å². The summed E-state index contributed by atoms with van der Waals surface area (Å²) in [4.78, 5) is 13.1. The second kappa shape index (κ2) is 7.29. The Morgan fingerprint density at radius 2 is 2.19 bits per heavy atom. The van der Waals surface area contributed by atoms with E-state index in [0.29, 0.717) is 12.2 Å². The number of nitrogens with one attached hydrogen (secondary N) is 1. The number of hydrogen-bond acceptors (Lipinski definition) is 6. The first kappa shape index (κ1) is 18.5. The largest absolute Gasteiger partial charge is 0.484 e. The molecule has 9 heteroatoms. The van der Waals surface area contributed by atoms with Crippen molar-refractivity contribution in [3.8, 4) is 16.2 Å². The third-order valence-corrected chi connectivity index (χ3v) is 7.78. The monoisotopic (exact) mass is 469 g/mol. The van der Waals surface area contributed by atoms with Gasteiger partial charge in [0.05, 0.1) is 15.3 Å². The molecule has 1 fully saturated rings. The lowest BCUT2D eigenvalue weighted by Crippen LogP contribution is -2.38. The smallest absolute Gasteiger partial charge is 0.258 e. The molecule has 1 N–H and O–H groups in total. The van der Waals surface area contributed by atoms with Crippen LogP contribution in [0, 0.1) is 0 Å². The van der Waals surface area contributed by atoms with Crippen molar-refractivity contribution < 1.29 is 22.4 Å². The molecule has 3 aromatic rings. The number of fused-ring (bicyclic) bond motifs is 1. The first-order valence-corrected chi connectivity index (χ1v) is 11.7. The number of halogens is 1. The Bertz CT molecular complexity index is 1100. The summed E-state index contributed by atoms with van der Waals surface area (Å²) in [7, 11) is -3.02. The fourth-order valence-electron chi connectivity index (χ4n) is 3.07. The summed E-state index contributed by atoms with van der Waals surface area (Å²) in [6.07, 6.45) is 2.16. The van der Waals surface area contributed by atoms with Gasteiger partial charge in [-0.25, -0.2) is 8.42 Å². The quantitative estimate of drug-likeness (QED) is 0.616. The number of rotatable bonds is 5. The molecule has 0 unspecified atom stereocenters. The zero-order chi connectivity index (χ0) is 19.0. The highest BCUT2D eigenvalue weighted by Gasteiger charge is 2.28. The number of furan rings is 1. The van der Waals surface area contributed by atoms with Crippen LogP contribution in [0.4, 0.5) is 0 Å². The van der Waals surface area contributed by atoms with Crippen molar-refractivity contribution >= 4 is 54.0 Å². The molecule has 27 heavy (non-hydrogen) atoms. The van der Waals surface area contributed by atoms with E-state index in [0.717, 1.165) is 25.2 Å². The third kappa shape index (κ3) is 4.20. The molecule has 142 valence electrons. The number of thiophene rings is 1.